The Hall–Kier alpha value is -2.54. The molecule has 8 heteroatoms. The van der Waals surface area contributed by atoms with Crippen molar-refractivity contribution in [3.05, 3.63) is 51.5 Å². The summed E-state index contributed by atoms with van der Waals surface area (Å²) in [4.78, 5) is 28.7. The number of nitrogens with zero attached hydrogens (tertiary/aromatic N) is 5. The van der Waals surface area contributed by atoms with Crippen LogP contribution in [-0.2, 0) is 13.1 Å². The molecule has 0 N–H and O–H groups in total. The van der Waals surface area contributed by atoms with Gasteiger partial charge in [0, 0.05) is 17.1 Å². The summed E-state index contributed by atoms with van der Waals surface area (Å²) in [5.41, 5.74) is 0.677. The predicted octanol–water partition coefficient (Wildman–Crippen LogP) is 1.54. The molecule has 2 heterocycles. The standard InChI is InChI=1S/C14H12ClN5O2/c1-2-20-13-12(17-18-20)14(22)19(8-16-13)7-11(21)9-3-5-10(15)6-4-9/h3-6,8H,2,7H2,1H3. The lowest BCUT2D eigenvalue weighted by atomic mass is 10.1. The van der Waals surface area contributed by atoms with E-state index >= 15 is 0 Å². The number of Topliss-reactive ketones (excluding diaryl/α,β-unsaturated/α-hetero) is 1. The Balaban J connectivity index is 1.94. The number of carbonyl (C=O) groups is 1. The number of aryl methyl sites for hydroxylation is 1. The molecule has 0 aliphatic heterocycles. The van der Waals surface area contributed by atoms with Gasteiger partial charge in [0.25, 0.3) is 5.56 Å². The van der Waals surface area contributed by atoms with Crippen LogP contribution in [0.4, 0.5) is 0 Å². The lowest BCUT2D eigenvalue weighted by Crippen LogP contribution is -2.25. The number of ketones is 1. The maximum Gasteiger partial charge on any atom is 0.283 e. The van der Waals surface area contributed by atoms with Crippen LogP contribution in [0.3, 0.4) is 0 Å². The van der Waals surface area contributed by atoms with Crippen molar-refractivity contribution >= 4 is 28.5 Å². The Morgan fingerprint density at radius 3 is 2.68 bits per heavy atom. The second-order valence-electron chi connectivity index (χ2n) is 4.69. The lowest BCUT2D eigenvalue weighted by molar-refractivity contribution is 0.0970. The van der Waals surface area contributed by atoms with E-state index in [9.17, 15) is 9.59 Å². The van der Waals surface area contributed by atoms with Gasteiger partial charge in [-0.3, -0.25) is 14.2 Å². The van der Waals surface area contributed by atoms with Crippen molar-refractivity contribution < 1.29 is 4.79 Å². The van der Waals surface area contributed by atoms with Gasteiger partial charge >= 0.3 is 0 Å². The van der Waals surface area contributed by atoms with E-state index < -0.39 is 0 Å². The van der Waals surface area contributed by atoms with E-state index in [4.69, 9.17) is 11.6 Å². The monoisotopic (exact) mass is 317 g/mol. The molecule has 0 radical (unpaired) electrons. The Kier molecular flexibility index (Phi) is 3.72. The van der Waals surface area contributed by atoms with Crippen LogP contribution in [0.25, 0.3) is 11.2 Å². The van der Waals surface area contributed by atoms with E-state index in [0.717, 1.165) is 0 Å². The zero-order chi connectivity index (χ0) is 15.7. The summed E-state index contributed by atoms with van der Waals surface area (Å²) < 4.78 is 2.76. The molecule has 112 valence electrons. The van der Waals surface area contributed by atoms with E-state index in [-0.39, 0.29) is 23.4 Å². The highest BCUT2D eigenvalue weighted by Crippen LogP contribution is 2.10. The van der Waals surface area contributed by atoms with Gasteiger partial charge in [-0.05, 0) is 31.2 Å². The van der Waals surface area contributed by atoms with Gasteiger partial charge in [0.15, 0.2) is 16.9 Å². The molecule has 7 nitrogen and oxygen atoms in total. The van der Waals surface area contributed by atoms with Gasteiger partial charge < -0.3 is 0 Å². The second-order valence-corrected chi connectivity index (χ2v) is 5.12. The maximum atomic E-state index is 12.3. The smallest absolute Gasteiger partial charge is 0.283 e. The van der Waals surface area contributed by atoms with Crippen LogP contribution >= 0.6 is 11.6 Å². The number of carbonyl (C=O) groups excluding carboxylic acids is 1. The molecule has 0 amide bonds. The molecule has 0 atom stereocenters. The SMILES string of the molecule is CCn1nnc2c(=O)n(CC(=O)c3ccc(Cl)cc3)cnc21. The molecule has 3 aromatic rings. The number of halogens is 1. The number of rotatable bonds is 4. The fourth-order valence-corrected chi connectivity index (χ4v) is 2.22. The summed E-state index contributed by atoms with van der Waals surface area (Å²) in [6.45, 7) is 2.34. The summed E-state index contributed by atoms with van der Waals surface area (Å²) in [5, 5.41) is 8.23. The average Bonchev–Trinajstić information content (AvgIpc) is 2.94. The second kappa shape index (κ2) is 5.69. The van der Waals surface area contributed by atoms with Gasteiger partial charge in [-0.25, -0.2) is 9.67 Å². The zero-order valence-electron chi connectivity index (χ0n) is 11.7. The minimum Gasteiger partial charge on any atom is -0.292 e. The molecule has 3 rings (SSSR count). The number of hydrogen-bond donors (Lipinski definition) is 0. The van der Waals surface area contributed by atoms with Crippen LogP contribution in [0.2, 0.25) is 5.02 Å². The molecule has 0 bridgehead atoms. The average molecular weight is 318 g/mol. The molecule has 0 aliphatic carbocycles. The molecule has 0 unspecified atom stereocenters. The lowest BCUT2D eigenvalue weighted by Gasteiger charge is -2.04. The molecule has 0 saturated heterocycles. The molecule has 0 spiro atoms. The van der Waals surface area contributed by atoms with Crippen LogP contribution in [0, 0.1) is 0 Å². The highest BCUT2D eigenvalue weighted by atomic mass is 35.5. The molecule has 22 heavy (non-hydrogen) atoms. The van der Waals surface area contributed by atoms with Gasteiger partial charge in [-0.2, -0.15) is 0 Å². The van der Waals surface area contributed by atoms with E-state index in [0.29, 0.717) is 22.8 Å². The van der Waals surface area contributed by atoms with Gasteiger partial charge in [0.2, 0.25) is 0 Å². The summed E-state index contributed by atoms with van der Waals surface area (Å²) >= 11 is 5.79. The summed E-state index contributed by atoms with van der Waals surface area (Å²) in [6.07, 6.45) is 1.34. The Bertz CT molecular complexity index is 898. The molecule has 0 saturated carbocycles. The predicted molar refractivity (Wildman–Crippen MR) is 81.0 cm³/mol. The summed E-state index contributed by atoms with van der Waals surface area (Å²) in [7, 11) is 0. The van der Waals surface area contributed by atoms with Crippen LogP contribution < -0.4 is 5.56 Å². The third-order valence-corrected chi connectivity index (χ3v) is 3.52. The molecule has 1 aromatic carbocycles. The Morgan fingerprint density at radius 2 is 2.00 bits per heavy atom. The van der Waals surface area contributed by atoms with E-state index in [1.54, 1.807) is 24.3 Å². The number of aromatic nitrogens is 5. The Labute approximate surface area is 130 Å². The minimum atomic E-state index is -0.382. The van der Waals surface area contributed by atoms with Crippen molar-refractivity contribution in [2.24, 2.45) is 0 Å². The fraction of sp³-hybridized carbons (Fsp3) is 0.214. The van der Waals surface area contributed by atoms with Crippen molar-refractivity contribution in [2.75, 3.05) is 0 Å². The van der Waals surface area contributed by atoms with Crippen molar-refractivity contribution in [1.82, 2.24) is 24.5 Å². The van der Waals surface area contributed by atoms with Gasteiger partial charge in [-0.15, -0.1) is 5.10 Å². The van der Waals surface area contributed by atoms with E-state index in [2.05, 4.69) is 15.3 Å². The largest absolute Gasteiger partial charge is 0.292 e. The van der Waals surface area contributed by atoms with Crippen molar-refractivity contribution in [1.29, 1.82) is 0 Å². The fourth-order valence-electron chi connectivity index (χ4n) is 2.09. The minimum absolute atomic E-state index is 0.109. The molecular weight excluding hydrogens is 306 g/mol. The van der Waals surface area contributed by atoms with Crippen molar-refractivity contribution in [3.63, 3.8) is 0 Å². The Morgan fingerprint density at radius 1 is 1.27 bits per heavy atom. The summed E-state index contributed by atoms with van der Waals surface area (Å²) in [5.74, 6) is -0.206. The van der Waals surface area contributed by atoms with E-state index in [1.807, 2.05) is 6.92 Å². The van der Waals surface area contributed by atoms with E-state index in [1.165, 1.54) is 15.6 Å². The number of hydrogen-bond acceptors (Lipinski definition) is 5. The maximum absolute atomic E-state index is 12.3. The van der Waals surface area contributed by atoms with Crippen LogP contribution in [0.5, 0.6) is 0 Å². The third-order valence-electron chi connectivity index (χ3n) is 3.27. The highest BCUT2D eigenvalue weighted by Gasteiger charge is 2.13. The van der Waals surface area contributed by atoms with Gasteiger partial charge in [0.05, 0.1) is 6.54 Å². The highest BCUT2D eigenvalue weighted by molar-refractivity contribution is 6.30. The first-order valence-electron chi connectivity index (χ1n) is 6.67. The number of benzene rings is 1. The normalized spacial score (nSPS) is 11.0. The quantitative estimate of drug-likeness (QED) is 0.682. The first kappa shape index (κ1) is 14.4. The zero-order valence-corrected chi connectivity index (χ0v) is 12.5. The van der Waals surface area contributed by atoms with Crippen LogP contribution in [-0.4, -0.2) is 30.3 Å². The molecule has 2 aromatic heterocycles. The van der Waals surface area contributed by atoms with Crippen LogP contribution in [0.1, 0.15) is 17.3 Å². The molecule has 0 fully saturated rings. The third kappa shape index (κ3) is 2.50. The first-order valence-corrected chi connectivity index (χ1v) is 7.05. The van der Waals surface area contributed by atoms with Gasteiger partial charge in [0.1, 0.15) is 6.33 Å². The van der Waals surface area contributed by atoms with Crippen molar-refractivity contribution in [2.45, 2.75) is 20.0 Å². The first-order chi connectivity index (χ1) is 10.6. The van der Waals surface area contributed by atoms with Crippen LogP contribution in [0.15, 0.2) is 35.4 Å². The molecule has 0 aliphatic rings. The topological polar surface area (TPSA) is 82.7 Å². The van der Waals surface area contributed by atoms with Gasteiger partial charge in [-0.1, -0.05) is 16.8 Å². The van der Waals surface area contributed by atoms with Crippen molar-refractivity contribution in [3.8, 4) is 0 Å². The molecular formula is C14H12ClN5O2. The summed E-state index contributed by atoms with van der Waals surface area (Å²) in [6, 6.07) is 6.50. The number of fused-ring (bicyclic) bond motifs is 1.